The summed E-state index contributed by atoms with van der Waals surface area (Å²) in [6, 6.07) is -0.128. The van der Waals surface area contributed by atoms with Crippen molar-refractivity contribution in [2.24, 2.45) is 17.1 Å². The first kappa shape index (κ1) is 16.8. The van der Waals surface area contributed by atoms with Crippen LogP contribution in [0.3, 0.4) is 0 Å². The van der Waals surface area contributed by atoms with Gasteiger partial charge in [0.2, 0.25) is 0 Å². The lowest BCUT2D eigenvalue weighted by Gasteiger charge is -2.42. The van der Waals surface area contributed by atoms with Crippen LogP contribution in [-0.4, -0.2) is 24.9 Å². The van der Waals surface area contributed by atoms with Crippen LogP contribution < -0.4 is 5.73 Å². The molecule has 0 saturated heterocycles. The number of halogens is 3. The monoisotopic (exact) mass is 281 g/mol. The summed E-state index contributed by atoms with van der Waals surface area (Å²) in [6.45, 7) is 6.29. The Hall–Kier alpha value is -0.290. The van der Waals surface area contributed by atoms with E-state index < -0.39 is 12.6 Å². The van der Waals surface area contributed by atoms with E-state index in [0.717, 1.165) is 25.7 Å². The fraction of sp³-hybridized carbons (Fsp3) is 1.00. The Kier molecular flexibility index (Phi) is 5.68. The van der Waals surface area contributed by atoms with Crippen molar-refractivity contribution in [1.82, 2.24) is 0 Å². The molecule has 2 nitrogen and oxygen atoms in total. The van der Waals surface area contributed by atoms with Gasteiger partial charge < -0.3 is 10.5 Å². The summed E-state index contributed by atoms with van der Waals surface area (Å²) in [5, 5.41) is 0. The van der Waals surface area contributed by atoms with Crippen LogP contribution in [0.15, 0.2) is 0 Å². The number of hydrogen-bond donors (Lipinski definition) is 1. The van der Waals surface area contributed by atoms with Crippen molar-refractivity contribution >= 4 is 0 Å². The highest BCUT2D eigenvalue weighted by atomic mass is 19.4. The Bertz CT molecular complexity index is 278. The molecule has 0 radical (unpaired) electrons. The second-order valence-electron chi connectivity index (χ2n) is 6.29. The molecule has 0 aromatic carbocycles. The van der Waals surface area contributed by atoms with E-state index in [4.69, 9.17) is 10.5 Å². The fourth-order valence-electron chi connectivity index (χ4n) is 2.67. The third kappa shape index (κ3) is 5.30. The molecule has 114 valence electrons. The van der Waals surface area contributed by atoms with Gasteiger partial charge in [0, 0.05) is 6.04 Å². The minimum Gasteiger partial charge on any atom is -0.376 e. The van der Waals surface area contributed by atoms with Crippen molar-refractivity contribution in [1.29, 1.82) is 0 Å². The van der Waals surface area contributed by atoms with Crippen LogP contribution in [0.1, 0.15) is 52.9 Å². The molecular formula is C14H26F3NO. The highest BCUT2D eigenvalue weighted by Gasteiger charge is 2.37. The van der Waals surface area contributed by atoms with Crippen LogP contribution >= 0.6 is 0 Å². The average molecular weight is 281 g/mol. The molecule has 0 aliphatic heterocycles. The van der Waals surface area contributed by atoms with Crippen LogP contribution in [-0.2, 0) is 4.74 Å². The lowest BCUT2D eigenvalue weighted by Crippen LogP contribution is -2.45. The molecular weight excluding hydrogens is 255 g/mol. The van der Waals surface area contributed by atoms with Crippen molar-refractivity contribution < 1.29 is 17.9 Å². The molecule has 2 N–H and O–H groups in total. The molecule has 5 heteroatoms. The van der Waals surface area contributed by atoms with Crippen molar-refractivity contribution in [3.8, 4) is 0 Å². The van der Waals surface area contributed by atoms with Crippen LogP contribution in [0.25, 0.3) is 0 Å². The maximum atomic E-state index is 12.1. The minimum absolute atomic E-state index is 0.128. The van der Waals surface area contributed by atoms with Crippen molar-refractivity contribution in [3.05, 3.63) is 0 Å². The average Bonchev–Trinajstić information content (AvgIpc) is 2.29. The second kappa shape index (κ2) is 6.44. The topological polar surface area (TPSA) is 35.2 Å². The smallest absolute Gasteiger partial charge is 0.376 e. The highest BCUT2D eigenvalue weighted by molar-refractivity contribution is 4.89. The minimum atomic E-state index is -4.15. The largest absolute Gasteiger partial charge is 0.391 e. The molecule has 0 aromatic heterocycles. The molecule has 1 fully saturated rings. The van der Waals surface area contributed by atoms with Gasteiger partial charge in [-0.2, -0.15) is 13.2 Å². The van der Waals surface area contributed by atoms with Crippen LogP contribution in [0, 0.1) is 11.3 Å². The van der Waals surface area contributed by atoms with Gasteiger partial charge in [-0.25, -0.2) is 0 Å². The lowest BCUT2D eigenvalue weighted by atomic mass is 9.68. The summed E-state index contributed by atoms with van der Waals surface area (Å²) in [5.74, 6) is 0.480. The molecule has 1 rings (SSSR count). The summed E-state index contributed by atoms with van der Waals surface area (Å²) < 4.78 is 41.7. The third-order valence-electron chi connectivity index (χ3n) is 4.58. The molecule has 19 heavy (non-hydrogen) atoms. The van der Waals surface area contributed by atoms with E-state index in [2.05, 4.69) is 20.8 Å². The van der Waals surface area contributed by atoms with E-state index >= 15 is 0 Å². The molecule has 3 atom stereocenters. The number of alkyl halides is 3. The van der Waals surface area contributed by atoms with Gasteiger partial charge in [0.05, 0.1) is 19.1 Å². The van der Waals surface area contributed by atoms with Gasteiger partial charge >= 0.3 is 6.18 Å². The fourth-order valence-corrected chi connectivity index (χ4v) is 2.67. The quantitative estimate of drug-likeness (QED) is 0.829. The SMILES string of the molecule is CCC(C)(C)C1CCC(N)C(OCCC(F)(F)F)C1. The second-order valence-corrected chi connectivity index (χ2v) is 6.29. The van der Waals surface area contributed by atoms with Gasteiger partial charge in [-0.05, 0) is 30.6 Å². The molecule has 1 aliphatic carbocycles. The van der Waals surface area contributed by atoms with E-state index in [-0.39, 0.29) is 24.2 Å². The van der Waals surface area contributed by atoms with Crippen molar-refractivity contribution in [3.63, 3.8) is 0 Å². The predicted molar refractivity (Wildman–Crippen MR) is 69.8 cm³/mol. The van der Waals surface area contributed by atoms with Gasteiger partial charge in [-0.1, -0.05) is 27.2 Å². The molecule has 1 aliphatic rings. The third-order valence-corrected chi connectivity index (χ3v) is 4.58. The Morgan fingerprint density at radius 2 is 1.84 bits per heavy atom. The van der Waals surface area contributed by atoms with Gasteiger partial charge in [-0.15, -0.1) is 0 Å². The first-order valence-corrected chi connectivity index (χ1v) is 7.09. The summed E-state index contributed by atoms with van der Waals surface area (Å²) >= 11 is 0. The predicted octanol–water partition coefficient (Wildman–Crippen LogP) is 3.89. The van der Waals surface area contributed by atoms with E-state index in [1.54, 1.807) is 0 Å². The van der Waals surface area contributed by atoms with E-state index in [1.807, 2.05) is 0 Å². The van der Waals surface area contributed by atoms with Crippen molar-refractivity contribution in [2.45, 2.75) is 71.2 Å². The Morgan fingerprint density at radius 1 is 1.21 bits per heavy atom. The van der Waals surface area contributed by atoms with E-state index in [1.165, 1.54) is 0 Å². The number of nitrogens with two attached hydrogens (primary N) is 1. The normalized spacial score (nSPS) is 29.5. The van der Waals surface area contributed by atoms with Gasteiger partial charge in [0.15, 0.2) is 0 Å². The van der Waals surface area contributed by atoms with E-state index in [0.29, 0.717) is 5.92 Å². The molecule has 0 aromatic rings. The van der Waals surface area contributed by atoms with Crippen LogP contribution in [0.2, 0.25) is 0 Å². The van der Waals surface area contributed by atoms with E-state index in [9.17, 15) is 13.2 Å². The van der Waals surface area contributed by atoms with Gasteiger partial charge in [0.1, 0.15) is 0 Å². The summed E-state index contributed by atoms with van der Waals surface area (Å²) in [6.07, 6.45) is -1.56. The first-order chi connectivity index (χ1) is 8.65. The molecule has 0 heterocycles. The first-order valence-electron chi connectivity index (χ1n) is 7.09. The van der Waals surface area contributed by atoms with Crippen LogP contribution in [0.5, 0.6) is 0 Å². The highest BCUT2D eigenvalue weighted by Crippen LogP contribution is 2.41. The zero-order chi connectivity index (χ0) is 14.7. The van der Waals surface area contributed by atoms with Gasteiger partial charge in [0.25, 0.3) is 0 Å². The standard InChI is InChI=1S/C14H26F3NO/c1-4-13(2,3)10-5-6-11(18)12(9-10)19-8-7-14(15,16)17/h10-12H,4-9,18H2,1-3H3. The molecule has 3 unspecified atom stereocenters. The maximum Gasteiger partial charge on any atom is 0.391 e. The Balaban J connectivity index is 2.48. The Morgan fingerprint density at radius 3 is 2.37 bits per heavy atom. The maximum absolute atomic E-state index is 12.1. The molecule has 0 amide bonds. The Labute approximate surface area is 113 Å². The number of ether oxygens (including phenoxy) is 1. The van der Waals surface area contributed by atoms with Crippen molar-refractivity contribution in [2.75, 3.05) is 6.61 Å². The zero-order valence-corrected chi connectivity index (χ0v) is 12.1. The summed E-state index contributed by atoms with van der Waals surface area (Å²) in [7, 11) is 0. The molecule has 1 saturated carbocycles. The molecule has 0 bridgehead atoms. The zero-order valence-electron chi connectivity index (χ0n) is 12.1. The number of hydrogen-bond acceptors (Lipinski definition) is 2. The number of rotatable bonds is 5. The summed E-state index contributed by atoms with van der Waals surface area (Å²) in [5.41, 5.74) is 6.17. The molecule has 0 spiro atoms. The lowest BCUT2D eigenvalue weighted by molar-refractivity contribution is -0.152. The van der Waals surface area contributed by atoms with Gasteiger partial charge in [-0.3, -0.25) is 0 Å². The summed E-state index contributed by atoms with van der Waals surface area (Å²) in [4.78, 5) is 0. The van der Waals surface area contributed by atoms with Crippen LogP contribution in [0.4, 0.5) is 13.2 Å².